The number of hydrogen-bond donors (Lipinski definition) is 0. The highest BCUT2D eigenvalue weighted by Crippen LogP contribution is 2.41. The molecule has 2 aliphatic heterocycles. The van der Waals surface area contributed by atoms with Crippen molar-refractivity contribution in [2.75, 3.05) is 4.57 Å². The first-order valence-corrected chi connectivity index (χ1v) is 14.8. The second-order valence-corrected chi connectivity index (χ2v) is 14.3. The van der Waals surface area contributed by atoms with Crippen LogP contribution in [0.15, 0.2) is 72.7 Å². The summed E-state index contributed by atoms with van der Waals surface area (Å²) in [7, 11) is -2.79. The van der Waals surface area contributed by atoms with Gasteiger partial charge in [-0.15, -0.1) is 0 Å². The molecule has 184 valence electrons. The van der Waals surface area contributed by atoms with Crippen LogP contribution in [0.4, 0.5) is 5.69 Å². The van der Waals surface area contributed by atoms with Gasteiger partial charge in [0.25, 0.3) is 0 Å². The molecule has 0 saturated carbocycles. The summed E-state index contributed by atoms with van der Waals surface area (Å²) in [6, 6.07) is 14.2. The van der Waals surface area contributed by atoms with E-state index in [1.54, 1.807) is 0 Å². The Kier molecular flexibility index (Phi) is 5.87. The number of rotatable bonds is 3. The lowest BCUT2D eigenvalue weighted by Crippen LogP contribution is -2.77. The van der Waals surface area contributed by atoms with Crippen LogP contribution in [0.5, 0.6) is 0 Å². The molecular weight excluding hydrogens is 452 g/mol. The van der Waals surface area contributed by atoms with Crippen molar-refractivity contribution in [3.05, 3.63) is 123 Å². The lowest BCUT2D eigenvalue weighted by molar-refractivity contribution is 0.738. The maximum Gasteiger partial charge on any atom is 0.340 e. The summed E-state index contributed by atoms with van der Waals surface area (Å²) in [6.45, 7) is 20.5. The van der Waals surface area contributed by atoms with Crippen molar-refractivity contribution in [2.24, 2.45) is 0 Å². The van der Waals surface area contributed by atoms with Gasteiger partial charge in [-0.05, 0) is 124 Å². The Morgan fingerprint density at radius 1 is 0.500 bits per heavy atom. The fraction of sp³-hybridized carbons (Fsp3) is 0.273. The molecule has 0 N–H and O–H groups in total. The molecule has 3 aromatic carbocycles. The topological polar surface area (TPSA) is 6.48 Å². The summed E-state index contributed by atoms with van der Waals surface area (Å²) < 4.78 is 5.35. The quantitative estimate of drug-likeness (QED) is 0.374. The Bertz CT molecular complexity index is 1360. The van der Waals surface area contributed by atoms with Crippen LogP contribution in [0.25, 0.3) is 0 Å². The molecule has 2 aliphatic rings. The molecule has 5 rings (SSSR count). The lowest BCUT2D eigenvalue weighted by atomic mass is 10.1. The van der Waals surface area contributed by atoms with Gasteiger partial charge in [-0.1, -0.05) is 59.2 Å². The first-order chi connectivity index (χ1) is 17.0. The molecular formula is C33H38N2Si. The van der Waals surface area contributed by atoms with Crippen LogP contribution < -0.4 is 14.9 Å². The number of anilines is 1. The number of aryl methyl sites for hydroxylation is 9. The molecule has 2 nitrogen and oxygen atoms in total. The van der Waals surface area contributed by atoms with E-state index >= 15 is 0 Å². The van der Waals surface area contributed by atoms with Crippen LogP contribution >= 0.6 is 0 Å². The van der Waals surface area contributed by atoms with Gasteiger partial charge in [0.15, 0.2) is 0 Å². The zero-order valence-electron chi connectivity index (χ0n) is 23.2. The maximum absolute atomic E-state index is 2.79. The summed E-state index contributed by atoms with van der Waals surface area (Å²) in [5.41, 5.74) is 14.7. The summed E-state index contributed by atoms with van der Waals surface area (Å²) in [5.74, 6) is 0. The van der Waals surface area contributed by atoms with Gasteiger partial charge in [0.05, 0.1) is 5.70 Å². The first-order valence-electron chi connectivity index (χ1n) is 13.0. The fourth-order valence-corrected chi connectivity index (χ4v) is 12.8. The number of hydrogen-bond acceptors (Lipinski definition) is 2. The van der Waals surface area contributed by atoms with E-state index in [2.05, 4.69) is 138 Å². The number of nitrogens with zero attached hydrogens (tertiary/aromatic N) is 2. The Labute approximate surface area is 218 Å². The van der Waals surface area contributed by atoms with Crippen molar-refractivity contribution in [3.63, 3.8) is 0 Å². The van der Waals surface area contributed by atoms with Gasteiger partial charge >= 0.3 is 8.40 Å². The van der Waals surface area contributed by atoms with Crippen LogP contribution in [0.3, 0.4) is 0 Å². The van der Waals surface area contributed by atoms with E-state index in [4.69, 9.17) is 0 Å². The third-order valence-electron chi connectivity index (χ3n) is 7.78. The van der Waals surface area contributed by atoms with Crippen LogP contribution in [0.2, 0.25) is 0 Å². The van der Waals surface area contributed by atoms with Crippen molar-refractivity contribution in [1.29, 1.82) is 0 Å². The standard InChI is InChI=1S/C33H38N2Si/c1-21-14-24(4)31(25(5)15-21)35-20-30-12-10-11-13-34(30)36(35,32-26(6)16-22(2)17-27(32)7)33-28(8)18-23(3)19-29(33)9/h10-20H,1-9H3. The van der Waals surface area contributed by atoms with Gasteiger partial charge in [0.2, 0.25) is 0 Å². The lowest BCUT2D eigenvalue weighted by Gasteiger charge is -2.47. The van der Waals surface area contributed by atoms with Gasteiger partial charge in [-0.3, -0.25) is 0 Å². The van der Waals surface area contributed by atoms with Crippen LogP contribution in [0.1, 0.15) is 50.1 Å². The van der Waals surface area contributed by atoms with E-state index in [0.29, 0.717) is 0 Å². The highest BCUT2D eigenvalue weighted by molar-refractivity contribution is 7.05. The van der Waals surface area contributed by atoms with Gasteiger partial charge in [0.1, 0.15) is 0 Å². The average Bonchev–Trinajstić information content (AvgIpc) is 3.06. The van der Waals surface area contributed by atoms with Crippen LogP contribution in [-0.2, 0) is 0 Å². The molecule has 0 saturated heterocycles. The fourth-order valence-electron chi connectivity index (χ4n) is 7.04. The van der Waals surface area contributed by atoms with Crippen molar-refractivity contribution in [2.45, 2.75) is 62.3 Å². The Morgan fingerprint density at radius 3 is 1.36 bits per heavy atom. The largest absolute Gasteiger partial charge is 0.348 e. The normalized spacial score (nSPS) is 16.0. The molecule has 0 spiro atoms. The molecule has 3 aromatic rings. The van der Waals surface area contributed by atoms with E-state index in [9.17, 15) is 0 Å². The van der Waals surface area contributed by atoms with E-state index in [0.717, 1.165) is 0 Å². The summed E-state index contributed by atoms with van der Waals surface area (Å²) >= 11 is 0. The predicted molar refractivity (Wildman–Crippen MR) is 158 cm³/mol. The highest BCUT2D eigenvalue weighted by atomic mass is 28.3. The van der Waals surface area contributed by atoms with Gasteiger partial charge in [-0.25, -0.2) is 0 Å². The molecule has 0 radical (unpaired) electrons. The molecule has 2 heterocycles. The first kappa shape index (κ1) is 24.4. The van der Waals surface area contributed by atoms with E-state index < -0.39 is 8.40 Å². The zero-order chi connectivity index (χ0) is 25.9. The molecule has 0 amide bonds. The maximum atomic E-state index is 2.71. The van der Waals surface area contributed by atoms with Crippen molar-refractivity contribution >= 4 is 24.5 Å². The summed E-state index contributed by atoms with van der Waals surface area (Å²) in [6.07, 6.45) is 11.4. The van der Waals surface area contributed by atoms with Crippen molar-refractivity contribution in [3.8, 4) is 0 Å². The SMILES string of the molecule is Cc1cc(C)c(N2C=C3C=CC=CN3[Si]2(c2c(C)cc(C)cc2C)c2c(C)cc(C)cc2C)c(C)c1. The zero-order valence-corrected chi connectivity index (χ0v) is 24.2. The van der Waals surface area contributed by atoms with E-state index in [-0.39, 0.29) is 0 Å². The van der Waals surface area contributed by atoms with Gasteiger partial charge < -0.3 is 9.13 Å². The van der Waals surface area contributed by atoms with E-state index in [1.165, 1.54) is 71.8 Å². The van der Waals surface area contributed by atoms with Crippen LogP contribution in [0, 0.1) is 62.3 Å². The van der Waals surface area contributed by atoms with Crippen LogP contribution in [-0.4, -0.2) is 13.0 Å². The minimum Gasteiger partial charge on any atom is -0.348 e. The van der Waals surface area contributed by atoms with Gasteiger partial charge in [0, 0.05) is 11.9 Å². The average molecular weight is 491 g/mol. The molecule has 36 heavy (non-hydrogen) atoms. The predicted octanol–water partition coefficient (Wildman–Crippen LogP) is 6.77. The summed E-state index contributed by atoms with van der Waals surface area (Å²) in [5, 5.41) is 2.99. The summed E-state index contributed by atoms with van der Waals surface area (Å²) in [4.78, 5) is 0. The Morgan fingerprint density at radius 2 is 0.917 bits per heavy atom. The smallest absolute Gasteiger partial charge is 0.340 e. The molecule has 0 aliphatic carbocycles. The number of allylic oxidation sites excluding steroid dienone is 3. The minimum absolute atomic E-state index is 1.27. The Balaban J connectivity index is 2.00. The molecule has 0 aromatic heterocycles. The second kappa shape index (κ2) is 8.67. The second-order valence-electron chi connectivity index (χ2n) is 11.0. The molecule has 0 fully saturated rings. The number of fused-ring (bicyclic) bond motifs is 1. The molecule has 0 unspecified atom stereocenters. The number of benzene rings is 3. The highest BCUT2D eigenvalue weighted by Gasteiger charge is 2.57. The molecule has 0 atom stereocenters. The third-order valence-corrected chi connectivity index (χ3v) is 12.9. The van der Waals surface area contributed by atoms with Crippen molar-refractivity contribution in [1.82, 2.24) is 4.57 Å². The Hall–Kier alpha value is -3.30. The van der Waals surface area contributed by atoms with E-state index in [1.807, 2.05) is 0 Å². The molecule has 0 bridgehead atoms. The monoisotopic (exact) mass is 490 g/mol. The molecule has 3 heteroatoms. The minimum atomic E-state index is -2.79. The van der Waals surface area contributed by atoms with Gasteiger partial charge in [-0.2, -0.15) is 0 Å². The third kappa shape index (κ3) is 3.52. The van der Waals surface area contributed by atoms with Crippen molar-refractivity contribution < 1.29 is 0 Å².